The maximum Gasteiger partial charge on any atom is 0.287 e. The van der Waals surface area contributed by atoms with E-state index in [0.29, 0.717) is 18.8 Å². The van der Waals surface area contributed by atoms with E-state index in [9.17, 15) is 13.2 Å². The van der Waals surface area contributed by atoms with E-state index >= 15 is 0 Å². The van der Waals surface area contributed by atoms with E-state index in [1.54, 1.807) is 13.8 Å². The average molecular weight is 309 g/mol. The van der Waals surface area contributed by atoms with Gasteiger partial charge < -0.3 is 5.32 Å². The molecule has 0 fully saturated rings. The Morgan fingerprint density at radius 3 is 2.68 bits per heavy atom. The molecule has 0 saturated carbocycles. The van der Waals surface area contributed by atoms with Crippen LogP contribution in [-0.4, -0.2) is 37.0 Å². The Kier molecular flexibility index (Phi) is 5.77. The molecule has 0 aliphatic heterocycles. The molecule has 0 atom stereocenters. The van der Waals surface area contributed by atoms with Crippen molar-refractivity contribution in [3.8, 4) is 0 Å². The van der Waals surface area contributed by atoms with Gasteiger partial charge in [0.05, 0.1) is 17.6 Å². The summed E-state index contributed by atoms with van der Waals surface area (Å²) < 4.78 is 26.4. The monoisotopic (exact) mass is 308 g/mol. The molecule has 0 spiro atoms. The highest BCUT2D eigenvalue weighted by Crippen LogP contribution is 2.14. The van der Waals surface area contributed by atoms with Crippen LogP contribution in [0, 0.1) is 0 Å². The minimum Gasteiger partial charge on any atom is -0.381 e. The minimum atomic E-state index is -3.30. The molecular formula is C10H17ClN4O3S. The second kappa shape index (κ2) is 6.88. The van der Waals surface area contributed by atoms with Crippen LogP contribution in [0.3, 0.4) is 0 Å². The van der Waals surface area contributed by atoms with Crippen molar-refractivity contribution in [3.05, 3.63) is 21.6 Å². The highest BCUT2D eigenvalue weighted by Gasteiger charge is 2.11. The first-order valence-corrected chi connectivity index (χ1v) is 7.91. The number of hydrogen-bond donors (Lipinski definition) is 2. The first-order valence-electron chi connectivity index (χ1n) is 5.88. The third-order valence-electron chi connectivity index (χ3n) is 2.33. The van der Waals surface area contributed by atoms with E-state index < -0.39 is 15.6 Å². The smallest absolute Gasteiger partial charge is 0.287 e. The summed E-state index contributed by atoms with van der Waals surface area (Å²) in [5.41, 5.74) is -0.0632. The predicted molar refractivity (Wildman–Crippen MR) is 75.1 cm³/mol. The van der Waals surface area contributed by atoms with Gasteiger partial charge in [-0.1, -0.05) is 18.5 Å². The van der Waals surface area contributed by atoms with Crippen molar-refractivity contribution in [3.63, 3.8) is 0 Å². The normalized spacial score (nSPS) is 11.5. The van der Waals surface area contributed by atoms with Gasteiger partial charge in [0, 0.05) is 19.6 Å². The molecule has 0 aliphatic carbocycles. The van der Waals surface area contributed by atoms with Crippen LogP contribution in [-0.2, 0) is 16.6 Å². The lowest BCUT2D eigenvalue weighted by atomic mass is 10.4. The van der Waals surface area contributed by atoms with E-state index in [2.05, 4.69) is 15.1 Å². The van der Waals surface area contributed by atoms with Crippen molar-refractivity contribution < 1.29 is 8.42 Å². The van der Waals surface area contributed by atoms with Crippen molar-refractivity contribution in [1.82, 2.24) is 14.5 Å². The lowest BCUT2D eigenvalue weighted by Crippen LogP contribution is -2.30. The van der Waals surface area contributed by atoms with Crippen molar-refractivity contribution >= 4 is 27.3 Å². The summed E-state index contributed by atoms with van der Waals surface area (Å²) in [6.45, 7) is 4.40. The number of hydrogen-bond acceptors (Lipinski definition) is 5. The highest BCUT2D eigenvalue weighted by atomic mass is 35.5. The molecule has 0 aliphatic rings. The van der Waals surface area contributed by atoms with E-state index in [1.807, 2.05) is 0 Å². The van der Waals surface area contributed by atoms with Gasteiger partial charge in [-0.2, -0.15) is 5.10 Å². The van der Waals surface area contributed by atoms with Gasteiger partial charge in [-0.05, 0) is 6.92 Å². The number of nitrogens with zero attached hydrogens (tertiary/aromatic N) is 2. The van der Waals surface area contributed by atoms with Crippen LogP contribution in [0.15, 0.2) is 11.0 Å². The molecule has 0 bridgehead atoms. The summed E-state index contributed by atoms with van der Waals surface area (Å²) in [7, 11) is -3.30. The standard InChI is InChI=1S/C10H17ClN4O3S/c1-3-14-19(17,18)6-5-12-8-7-13-15(4-2)10(16)9(8)11/h7,12,14H,3-6H2,1-2H3. The van der Waals surface area contributed by atoms with Crippen molar-refractivity contribution in [2.45, 2.75) is 20.4 Å². The molecule has 0 aromatic carbocycles. The van der Waals surface area contributed by atoms with Gasteiger partial charge in [0.25, 0.3) is 5.56 Å². The largest absolute Gasteiger partial charge is 0.381 e. The van der Waals surface area contributed by atoms with Gasteiger partial charge in [0.1, 0.15) is 5.02 Å². The first-order chi connectivity index (χ1) is 8.91. The summed E-state index contributed by atoms with van der Waals surface area (Å²) in [5.74, 6) is -0.103. The number of anilines is 1. The Morgan fingerprint density at radius 1 is 1.42 bits per heavy atom. The second-order valence-electron chi connectivity index (χ2n) is 3.74. The van der Waals surface area contributed by atoms with E-state index in [1.165, 1.54) is 10.9 Å². The van der Waals surface area contributed by atoms with Gasteiger partial charge in [-0.25, -0.2) is 17.8 Å². The molecule has 0 radical (unpaired) electrons. The molecule has 7 nitrogen and oxygen atoms in total. The molecule has 1 rings (SSSR count). The molecule has 0 unspecified atom stereocenters. The molecule has 9 heteroatoms. The summed E-state index contributed by atoms with van der Waals surface area (Å²) in [6.07, 6.45) is 1.41. The molecule has 19 heavy (non-hydrogen) atoms. The molecule has 0 amide bonds. The van der Waals surface area contributed by atoms with Crippen molar-refractivity contribution in [2.24, 2.45) is 0 Å². The van der Waals surface area contributed by atoms with E-state index in [4.69, 9.17) is 11.6 Å². The molecule has 1 aromatic heterocycles. The third kappa shape index (κ3) is 4.48. The van der Waals surface area contributed by atoms with E-state index in [0.717, 1.165) is 0 Å². The van der Waals surface area contributed by atoms with Crippen LogP contribution < -0.4 is 15.6 Å². The topological polar surface area (TPSA) is 93.1 Å². The Hall–Kier alpha value is -1.12. The third-order valence-corrected chi connectivity index (χ3v) is 4.17. The maximum absolute atomic E-state index is 11.7. The van der Waals surface area contributed by atoms with Gasteiger partial charge in [-0.3, -0.25) is 4.79 Å². The first kappa shape index (κ1) is 15.9. The Bertz CT molecular complexity index is 585. The number of sulfonamides is 1. The van der Waals surface area contributed by atoms with E-state index in [-0.39, 0.29) is 17.3 Å². The van der Waals surface area contributed by atoms with Crippen LogP contribution in [0.1, 0.15) is 13.8 Å². The fourth-order valence-corrected chi connectivity index (χ4v) is 2.59. The zero-order chi connectivity index (χ0) is 14.5. The Balaban J connectivity index is 2.70. The van der Waals surface area contributed by atoms with Crippen LogP contribution in [0.4, 0.5) is 5.69 Å². The average Bonchev–Trinajstić information content (AvgIpc) is 2.34. The Labute approximate surface area is 117 Å². The summed E-state index contributed by atoms with van der Waals surface area (Å²) in [4.78, 5) is 11.7. The van der Waals surface area contributed by atoms with Gasteiger partial charge >= 0.3 is 0 Å². The lowest BCUT2D eigenvalue weighted by molar-refractivity contribution is 0.584. The Morgan fingerprint density at radius 2 is 2.11 bits per heavy atom. The molecule has 1 aromatic rings. The summed E-state index contributed by atoms with van der Waals surface area (Å²) >= 11 is 5.89. The maximum atomic E-state index is 11.7. The molecule has 0 saturated heterocycles. The number of halogens is 1. The van der Waals surface area contributed by atoms with Crippen molar-refractivity contribution in [2.75, 3.05) is 24.2 Å². The number of nitrogens with one attached hydrogen (secondary N) is 2. The number of aryl methyl sites for hydroxylation is 1. The second-order valence-corrected chi connectivity index (χ2v) is 6.04. The molecule has 2 N–H and O–H groups in total. The van der Waals surface area contributed by atoms with Crippen LogP contribution in [0.25, 0.3) is 0 Å². The number of aromatic nitrogens is 2. The van der Waals surface area contributed by atoms with Gasteiger partial charge in [0.2, 0.25) is 10.0 Å². The summed E-state index contributed by atoms with van der Waals surface area (Å²) in [6, 6.07) is 0. The minimum absolute atomic E-state index is 0.0118. The summed E-state index contributed by atoms with van der Waals surface area (Å²) in [5, 5.41) is 6.71. The zero-order valence-corrected chi connectivity index (χ0v) is 12.4. The quantitative estimate of drug-likeness (QED) is 0.754. The number of rotatable bonds is 7. The zero-order valence-electron chi connectivity index (χ0n) is 10.8. The van der Waals surface area contributed by atoms with Crippen LogP contribution in [0.5, 0.6) is 0 Å². The fourth-order valence-electron chi connectivity index (χ4n) is 1.43. The van der Waals surface area contributed by atoms with Gasteiger partial charge in [0.15, 0.2) is 0 Å². The molecule has 1 heterocycles. The highest BCUT2D eigenvalue weighted by molar-refractivity contribution is 7.89. The lowest BCUT2D eigenvalue weighted by Gasteiger charge is -2.09. The fraction of sp³-hybridized carbons (Fsp3) is 0.600. The molecule has 108 valence electrons. The van der Waals surface area contributed by atoms with Crippen LogP contribution in [0.2, 0.25) is 5.02 Å². The van der Waals surface area contributed by atoms with Crippen molar-refractivity contribution in [1.29, 1.82) is 0 Å². The SMILES string of the molecule is CCNS(=O)(=O)CCNc1cnn(CC)c(=O)c1Cl. The van der Waals surface area contributed by atoms with Crippen LogP contribution >= 0.6 is 11.6 Å². The predicted octanol–water partition coefficient (Wildman–Crippen LogP) is 0.268. The molecular weight excluding hydrogens is 292 g/mol. The van der Waals surface area contributed by atoms with Gasteiger partial charge in [-0.15, -0.1) is 0 Å².